The number of piperidine rings is 1. The zero-order chi connectivity index (χ0) is 14.7. The van der Waals surface area contributed by atoms with E-state index in [2.05, 4.69) is 5.32 Å². The lowest BCUT2D eigenvalue weighted by molar-refractivity contribution is -0.135. The van der Waals surface area contributed by atoms with Gasteiger partial charge in [-0.05, 0) is 18.6 Å². The van der Waals surface area contributed by atoms with Crippen LogP contribution >= 0.6 is 11.5 Å². The molecular formula is C14H16N2O3S. The summed E-state index contributed by atoms with van der Waals surface area (Å²) in [5.41, 5.74) is -0.162. The second kappa shape index (κ2) is 6.00. The normalized spacial score (nSPS) is 18.4. The Kier molecular flexibility index (Phi) is 4.34. The summed E-state index contributed by atoms with van der Waals surface area (Å²) in [6, 6.07) is 6.69. The van der Waals surface area contributed by atoms with E-state index in [4.69, 9.17) is 0 Å². The molecule has 2 amide bonds. The average molecular weight is 292 g/mol. The Bertz CT molecular complexity index is 702. The van der Waals surface area contributed by atoms with Gasteiger partial charge in [0.2, 0.25) is 5.91 Å². The van der Waals surface area contributed by atoms with Crippen molar-refractivity contribution in [2.24, 2.45) is 0 Å². The minimum atomic E-state index is -0.562. The van der Waals surface area contributed by atoms with E-state index in [0.29, 0.717) is 11.8 Å². The number of aromatic nitrogens is 1. The molecule has 2 aromatic rings. The van der Waals surface area contributed by atoms with Gasteiger partial charge in [-0.3, -0.25) is 23.7 Å². The van der Waals surface area contributed by atoms with E-state index in [1.165, 1.54) is 15.5 Å². The number of nitrogens with one attached hydrogen (secondary N) is 1. The lowest BCUT2D eigenvalue weighted by atomic mass is 10.1. The SMILES string of the molecule is CC.O=C1CCC(n2sc3ccccc3c2=O)C(=O)N1. The summed E-state index contributed by atoms with van der Waals surface area (Å²) in [7, 11) is 0. The number of carbonyl (C=O) groups is 2. The van der Waals surface area contributed by atoms with Crippen molar-refractivity contribution in [3.05, 3.63) is 34.6 Å². The number of hydrogen-bond donors (Lipinski definition) is 1. The van der Waals surface area contributed by atoms with Gasteiger partial charge in [0.15, 0.2) is 0 Å². The molecule has 1 aromatic heterocycles. The van der Waals surface area contributed by atoms with Gasteiger partial charge >= 0.3 is 0 Å². The summed E-state index contributed by atoms with van der Waals surface area (Å²) < 4.78 is 2.32. The van der Waals surface area contributed by atoms with E-state index in [1.54, 1.807) is 12.1 Å². The lowest BCUT2D eigenvalue weighted by Crippen LogP contribution is -2.43. The predicted octanol–water partition coefficient (Wildman–Crippen LogP) is 2.07. The van der Waals surface area contributed by atoms with E-state index < -0.39 is 6.04 Å². The Morgan fingerprint density at radius 1 is 1.20 bits per heavy atom. The molecule has 6 heteroatoms. The summed E-state index contributed by atoms with van der Waals surface area (Å²) in [5, 5.41) is 2.89. The molecule has 1 saturated heterocycles. The highest BCUT2D eigenvalue weighted by Gasteiger charge is 2.30. The van der Waals surface area contributed by atoms with Gasteiger partial charge in [-0.1, -0.05) is 37.5 Å². The standard InChI is InChI=1S/C12H10N2O3S.C2H6/c15-10-6-5-8(11(16)13-10)14-12(17)7-3-1-2-4-9(7)18-14;1-2/h1-4,8H,5-6H2,(H,13,15,16);1-2H3. The summed E-state index contributed by atoms with van der Waals surface area (Å²) in [6.07, 6.45) is 0.661. The van der Waals surface area contributed by atoms with Crippen LogP contribution in [0.2, 0.25) is 0 Å². The highest BCUT2D eigenvalue weighted by molar-refractivity contribution is 7.14. The quantitative estimate of drug-likeness (QED) is 0.818. The van der Waals surface area contributed by atoms with Crippen LogP contribution in [0.5, 0.6) is 0 Å². The largest absolute Gasteiger partial charge is 0.295 e. The summed E-state index contributed by atoms with van der Waals surface area (Å²) >= 11 is 1.27. The first kappa shape index (κ1) is 14.5. The molecule has 5 nitrogen and oxygen atoms in total. The smallest absolute Gasteiger partial charge is 0.269 e. The number of hydrogen-bond acceptors (Lipinski definition) is 4. The van der Waals surface area contributed by atoms with Crippen LogP contribution in [0.25, 0.3) is 10.1 Å². The molecule has 1 N–H and O–H groups in total. The molecule has 1 unspecified atom stereocenters. The van der Waals surface area contributed by atoms with Crippen LogP contribution in [-0.2, 0) is 9.59 Å². The van der Waals surface area contributed by atoms with Gasteiger partial charge < -0.3 is 0 Å². The molecular weight excluding hydrogens is 276 g/mol. The summed E-state index contributed by atoms with van der Waals surface area (Å²) in [5.74, 6) is -0.662. The monoisotopic (exact) mass is 292 g/mol. The number of nitrogens with zero attached hydrogens (tertiary/aromatic N) is 1. The van der Waals surface area contributed by atoms with E-state index in [-0.39, 0.29) is 23.8 Å². The predicted molar refractivity (Wildman–Crippen MR) is 78.9 cm³/mol. The second-order valence-corrected chi connectivity index (χ2v) is 5.20. The zero-order valence-corrected chi connectivity index (χ0v) is 12.2. The van der Waals surface area contributed by atoms with Crippen LogP contribution in [0, 0.1) is 0 Å². The molecule has 3 rings (SSSR count). The maximum atomic E-state index is 12.2. The van der Waals surface area contributed by atoms with Crippen molar-refractivity contribution in [2.75, 3.05) is 0 Å². The number of fused-ring (bicyclic) bond motifs is 1. The van der Waals surface area contributed by atoms with Gasteiger partial charge in [-0.15, -0.1) is 0 Å². The van der Waals surface area contributed by atoms with Gasteiger partial charge in [-0.25, -0.2) is 0 Å². The Hall–Kier alpha value is -1.95. The van der Waals surface area contributed by atoms with Crippen molar-refractivity contribution in [1.82, 2.24) is 9.27 Å². The first-order valence-corrected chi connectivity index (χ1v) is 7.38. The molecule has 0 aliphatic carbocycles. The van der Waals surface area contributed by atoms with Crippen LogP contribution < -0.4 is 10.9 Å². The molecule has 0 saturated carbocycles. The fraction of sp³-hybridized carbons (Fsp3) is 0.357. The molecule has 1 fully saturated rings. The minimum absolute atomic E-state index is 0.162. The molecule has 0 bridgehead atoms. The molecule has 1 aliphatic heterocycles. The van der Waals surface area contributed by atoms with Gasteiger partial charge in [0, 0.05) is 6.42 Å². The van der Waals surface area contributed by atoms with Crippen molar-refractivity contribution in [3.63, 3.8) is 0 Å². The van der Waals surface area contributed by atoms with Crippen LogP contribution in [0.4, 0.5) is 0 Å². The molecule has 2 heterocycles. The number of rotatable bonds is 1. The van der Waals surface area contributed by atoms with Crippen LogP contribution in [0.15, 0.2) is 29.1 Å². The average Bonchev–Trinajstić information content (AvgIpc) is 2.79. The number of benzene rings is 1. The topological polar surface area (TPSA) is 68.2 Å². The highest BCUT2D eigenvalue weighted by atomic mass is 32.1. The van der Waals surface area contributed by atoms with Crippen LogP contribution in [-0.4, -0.2) is 15.8 Å². The van der Waals surface area contributed by atoms with Gasteiger partial charge in [0.25, 0.3) is 11.5 Å². The molecule has 1 aliphatic rings. The van der Waals surface area contributed by atoms with Crippen molar-refractivity contribution in [1.29, 1.82) is 0 Å². The van der Waals surface area contributed by atoms with Crippen molar-refractivity contribution in [3.8, 4) is 0 Å². The van der Waals surface area contributed by atoms with E-state index >= 15 is 0 Å². The Morgan fingerprint density at radius 3 is 2.55 bits per heavy atom. The summed E-state index contributed by atoms with van der Waals surface area (Å²) in [4.78, 5) is 35.0. The Labute approximate surface area is 120 Å². The van der Waals surface area contributed by atoms with Gasteiger partial charge in [0.1, 0.15) is 6.04 Å². The number of imide groups is 1. The molecule has 20 heavy (non-hydrogen) atoms. The first-order chi connectivity index (χ1) is 9.66. The van der Waals surface area contributed by atoms with E-state index in [9.17, 15) is 14.4 Å². The number of amides is 2. The molecule has 0 radical (unpaired) electrons. The first-order valence-electron chi connectivity index (χ1n) is 6.61. The zero-order valence-electron chi connectivity index (χ0n) is 11.4. The van der Waals surface area contributed by atoms with Crippen molar-refractivity contribution in [2.45, 2.75) is 32.7 Å². The fourth-order valence-electron chi connectivity index (χ4n) is 2.10. The maximum Gasteiger partial charge on any atom is 0.269 e. The summed E-state index contributed by atoms with van der Waals surface area (Å²) in [6.45, 7) is 4.00. The second-order valence-electron chi connectivity index (χ2n) is 4.19. The van der Waals surface area contributed by atoms with Crippen LogP contribution in [0.1, 0.15) is 32.7 Å². The van der Waals surface area contributed by atoms with E-state index in [1.807, 2.05) is 26.0 Å². The molecule has 0 spiro atoms. The third-order valence-corrected chi connectivity index (χ3v) is 4.18. The lowest BCUT2D eigenvalue weighted by Gasteiger charge is -2.20. The molecule has 1 atom stereocenters. The van der Waals surface area contributed by atoms with Gasteiger partial charge in [-0.2, -0.15) is 0 Å². The van der Waals surface area contributed by atoms with Crippen LogP contribution in [0.3, 0.4) is 0 Å². The van der Waals surface area contributed by atoms with Crippen molar-refractivity contribution >= 4 is 33.4 Å². The third-order valence-electron chi connectivity index (χ3n) is 3.01. The highest BCUT2D eigenvalue weighted by Crippen LogP contribution is 2.24. The van der Waals surface area contributed by atoms with Gasteiger partial charge in [0.05, 0.1) is 10.1 Å². The third kappa shape index (κ3) is 2.51. The van der Waals surface area contributed by atoms with E-state index in [0.717, 1.165) is 4.70 Å². The molecule has 1 aromatic carbocycles. The molecule has 106 valence electrons. The Morgan fingerprint density at radius 2 is 1.90 bits per heavy atom. The minimum Gasteiger partial charge on any atom is -0.295 e. The number of carbonyl (C=O) groups excluding carboxylic acids is 2. The fourth-order valence-corrected chi connectivity index (χ4v) is 3.21. The maximum absolute atomic E-state index is 12.2. The Balaban J connectivity index is 0.000000704. The van der Waals surface area contributed by atoms with Crippen molar-refractivity contribution < 1.29 is 9.59 Å².